The van der Waals surface area contributed by atoms with Crippen LogP contribution in [0.1, 0.15) is 46.5 Å². The molecule has 1 N–H and O–H groups in total. The normalized spacial score (nSPS) is 18.9. The number of nitrogens with zero attached hydrogens (tertiary/aromatic N) is 1. The molecule has 0 aromatic carbocycles. The average Bonchev–Trinajstić information content (AvgIpc) is 2.96. The molecule has 92 valence electrons. The van der Waals surface area contributed by atoms with Crippen LogP contribution in [0, 0.1) is 5.92 Å². The molecule has 1 unspecified atom stereocenters. The van der Waals surface area contributed by atoms with E-state index in [1.165, 1.54) is 11.8 Å². The maximum Gasteiger partial charge on any atom is 0.329 e. The Hall–Kier alpha value is -1.06. The predicted octanol–water partition coefficient (Wildman–Crippen LogP) is 1.89. The third-order valence-corrected chi connectivity index (χ3v) is 3.27. The van der Waals surface area contributed by atoms with Gasteiger partial charge < -0.3 is 10.0 Å². The van der Waals surface area contributed by atoms with E-state index in [1.54, 1.807) is 6.92 Å². The Bertz CT molecular complexity index is 286. The summed E-state index contributed by atoms with van der Waals surface area (Å²) in [5.74, 6) is -0.546. The quantitative estimate of drug-likeness (QED) is 0.753. The summed E-state index contributed by atoms with van der Waals surface area (Å²) in [4.78, 5) is 24.5. The summed E-state index contributed by atoms with van der Waals surface area (Å²) in [6.07, 6.45) is 3.57. The minimum Gasteiger partial charge on any atom is -0.480 e. The van der Waals surface area contributed by atoms with E-state index in [0.717, 1.165) is 19.3 Å². The Kier molecular flexibility index (Phi) is 3.94. The highest BCUT2D eigenvalue weighted by Gasteiger charge is 2.44. The Morgan fingerprint density at radius 3 is 2.31 bits per heavy atom. The van der Waals surface area contributed by atoms with Crippen LogP contribution in [0.3, 0.4) is 0 Å². The van der Waals surface area contributed by atoms with E-state index in [9.17, 15) is 14.7 Å². The molecule has 0 radical (unpaired) electrons. The number of hydrogen-bond donors (Lipinski definition) is 1. The summed E-state index contributed by atoms with van der Waals surface area (Å²) in [7, 11) is 0. The third-order valence-electron chi connectivity index (χ3n) is 3.27. The molecule has 1 saturated carbocycles. The van der Waals surface area contributed by atoms with Gasteiger partial charge in [-0.25, -0.2) is 4.79 Å². The molecule has 16 heavy (non-hydrogen) atoms. The first-order valence-electron chi connectivity index (χ1n) is 5.93. The number of hydrogen-bond acceptors (Lipinski definition) is 2. The fraction of sp³-hybridized carbons (Fsp3) is 0.833. The summed E-state index contributed by atoms with van der Waals surface area (Å²) >= 11 is 0. The van der Waals surface area contributed by atoms with E-state index in [-0.39, 0.29) is 5.91 Å². The topological polar surface area (TPSA) is 57.6 Å². The first-order valence-corrected chi connectivity index (χ1v) is 5.93. The Labute approximate surface area is 96.6 Å². The van der Waals surface area contributed by atoms with Crippen molar-refractivity contribution in [2.45, 2.75) is 52.0 Å². The maximum absolute atomic E-state index is 11.5. The van der Waals surface area contributed by atoms with E-state index in [1.807, 2.05) is 6.92 Å². The fourth-order valence-corrected chi connectivity index (χ4v) is 2.17. The van der Waals surface area contributed by atoms with Crippen molar-refractivity contribution in [3.05, 3.63) is 0 Å². The zero-order chi connectivity index (χ0) is 12.3. The van der Waals surface area contributed by atoms with Gasteiger partial charge in [0.2, 0.25) is 5.91 Å². The van der Waals surface area contributed by atoms with Crippen LogP contribution in [0.4, 0.5) is 0 Å². The second kappa shape index (κ2) is 4.85. The van der Waals surface area contributed by atoms with Gasteiger partial charge in [0.25, 0.3) is 0 Å². The summed E-state index contributed by atoms with van der Waals surface area (Å²) in [5.41, 5.74) is -1.02. The van der Waals surface area contributed by atoms with Gasteiger partial charge in [0.15, 0.2) is 0 Å². The van der Waals surface area contributed by atoms with Gasteiger partial charge in [-0.15, -0.1) is 0 Å². The minimum atomic E-state index is -1.02. The Morgan fingerprint density at radius 1 is 1.44 bits per heavy atom. The number of aliphatic carboxylic acids is 1. The lowest BCUT2D eigenvalue weighted by molar-refractivity contribution is -0.158. The van der Waals surface area contributed by atoms with E-state index in [0.29, 0.717) is 18.9 Å². The van der Waals surface area contributed by atoms with E-state index in [2.05, 4.69) is 0 Å². The number of carbonyl (C=O) groups excluding carboxylic acids is 1. The summed E-state index contributed by atoms with van der Waals surface area (Å²) in [6.45, 7) is 5.59. The fourth-order valence-electron chi connectivity index (χ4n) is 2.17. The molecule has 1 aliphatic carbocycles. The molecule has 0 heterocycles. The van der Waals surface area contributed by atoms with Gasteiger partial charge in [-0.2, -0.15) is 0 Å². The molecule has 4 heteroatoms. The highest BCUT2D eigenvalue weighted by molar-refractivity contribution is 5.85. The molecular weight excluding hydrogens is 206 g/mol. The Balaban J connectivity index is 2.85. The van der Waals surface area contributed by atoms with Crippen molar-refractivity contribution in [2.75, 3.05) is 6.54 Å². The van der Waals surface area contributed by atoms with Gasteiger partial charge in [-0.1, -0.05) is 19.8 Å². The highest BCUT2D eigenvalue weighted by Crippen LogP contribution is 2.39. The molecule has 0 aliphatic heterocycles. The van der Waals surface area contributed by atoms with Crippen LogP contribution in [0.25, 0.3) is 0 Å². The van der Waals surface area contributed by atoms with Crippen molar-refractivity contribution in [1.82, 2.24) is 4.90 Å². The molecule has 1 atom stereocenters. The molecule has 0 aromatic heterocycles. The minimum absolute atomic E-state index is 0.146. The van der Waals surface area contributed by atoms with Crippen LogP contribution in [-0.4, -0.2) is 34.0 Å². The average molecular weight is 227 g/mol. The lowest BCUT2D eigenvalue weighted by atomic mass is 9.92. The molecule has 1 amide bonds. The monoisotopic (exact) mass is 227 g/mol. The van der Waals surface area contributed by atoms with Gasteiger partial charge in [-0.3, -0.25) is 4.79 Å². The zero-order valence-electron chi connectivity index (χ0n) is 10.3. The third kappa shape index (κ3) is 2.74. The molecule has 0 aromatic rings. The lowest BCUT2D eigenvalue weighted by Crippen LogP contribution is -2.55. The van der Waals surface area contributed by atoms with Crippen LogP contribution >= 0.6 is 0 Å². The van der Waals surface area contributed by atoms with Gasteiger partial charge in [0.05, 0.1) is 0 Å². The molecule has 0 spiro atoms. The van der Waals surface area contributed by atoms with Crippen LogP contribution < -0.4 is 0 Å². The smallest absolute Gasteiger partial charge is 0.329 e. The summed E-state index contributed by atoms with van der Waals surface area (Å²) in [6, 6.07) is 0. The number of rotatable bonds is 6. The molecular formula is C12H21NO3. The lowest BCUT2D eigenvalue weighted by Gasteiger charge is -2.37. The molecule has 4 nitrogen and oxygen atoms in total. The second-order valence-corrected chi connectivity index (χ2v) is 4.90. The first kappa shape index (κ1) is 13.0. The molecule has 1 fully saturated rings. The van der Waals surface area contributed by atoms with Gasteiger partial charge in [-0.05, 0) is 25.7 Å². The van der Waals surface area contributed by atoms with Crippen molar-refractivity contribution in [1.29, 1.82) is 0 Å². The maximum atomic E-state index is 11.5. The van der Waals surface area contributed by atoms with Crippen LogP contribution in [-0.2, 0) is 9.59 Å². The number of carboxylic acids is 1. The summed E-state index contributed by atoms with van der Waals surface area (Å²) in [5, 5.41) is 9.36. The SMILES string of the molecule is CCCN(C(C)=O)C(C)(CC1CC1)C(=O)O. The number of carboxylic acid groups (broad SMARTS) is 1. The zero-order valence-corrected chi connectivity index (χ0v) is 10.3. The second-order valence-electron chi connectivity index (χ2n) is 4.90. The first-order chi connectivity index (χ1) is 7.41. The van der Waals surface area contributed by atoms with Crippen LogP contribution in [0.5, 0.6) is 0 Å². The molecule has 0 saturated heterocycles. The van der Waals surface area contributed by atoms with E-state index in [4.69, 9.17) is 0 Å². The van der Waals surface area contributed by atoms with Crippen molar-refractivity contribution in [2.24, 2.45) is 5.92 Å². The standard InChI is InChI=1S/C12H21NO3/c1-4-7-13(9(2)14)12(3,11(15)16)8-10-5-6-10/h10H,4-8H2,1-3H3,(H,15,16). The van der Waals surface area contributed by atoms with E-state index >= 15 is 0 Å². The van der Waals surface area contributed by atoms with Crippen LogP contribution in [0.2, 0.25) is 0 Å². The van der Waals surface area contributed by atoms with Crippen molar-refractivity contribution < 1.29 is 14.7 Å². The predicted molar refractivity (Wildman–Crippen MR) is 61.1 cm³/mol. The number of carbonyl (C=O) groups is 2. The van der Waals surface area contributed by atoms with Crippen molar-refractivity contribution in [3.63, 3.8) is 0 Å². The van der Waals surface area contributed by atoms with Gasteiger partial charge in [0.1, 0.15) is 5.54 Å². The molecule has 1 aliphatic rings. The van der Waals surface area contributed by atoms with Crippen molar-refractivity contribution in [3.8, 4) is 0 Å². The highest BCUT2D eigenvalue weighted by atomic mass is 16.4. The van der Waals surface area contributed by atoms with Gasteiger partial charge >= 0.3 is 5.97 Å². The summed E-state index contributed by atoms with van der Waals surface area (Å²) < 4.78 is 0. The van der Waals surface area contributed by atoms with Crippen LogP contribution in [0.15, 0.2) is 0 Å². The van der Waals surface area contributed by atoms with Gasteiger partial charge in [0, 0.05) is 13.5 Å². The molecule has 1 rings (SSSR count). The Morgan fingerprint density at radius 2 is 2.00 bits per heavy atom. The largest absolute Gasteiger partial charge is 0.480 e. The van der Waals surface area contributed by atoms with E-state index < -0.39 is 11.5 Å². The number of amides is 1. The van der Waals surface area contributed by atoms with Crippen molar-refractivity contribution >= 4 is 11.9 Å². The molecule has 0 bridgehead atoms.